The molecule has 0 radical (unpaired) electrons. The van der Waals surface area contributed by atoms with Crippen molar-refractivity contribution in [3.63, 3.8) is 0 Å². The van der Waals surface area contributed by atoms with Crippen molar-refractivity contribution in [3.05, 3.63) is 62.2 Å². The third kappa shape index (κ3) is 2.94. The molecule has 28 heavy (non-hydrogen) atoms. The van der Waals surface area contributed by atoms with Crippen molar-refractivity contribution in [1.29, 1.82) is 0 Å². The Balaban J connectivity index is 1.63. The van der Waals surface area contributed by atoms with Crippen molar-refractivity contribution in [2.75, 3.05) is 13.1 Å². The molecule has 0 saturated carbocycles. The Hall–Kier alpha value is -3.16. The van der Waals surface area contributed by atoms with Gasteiger partial charge in [0.25, 0.3) is 11.5 Å². The fourth-order valence-corrected chi connectivity index (χ4v) is 3.87. The van der Waals surface area contributed by atoms with Gasteiger partial charge in [-0.25, -0.2) is 9.78 Å². The number of fused-ring (bicyclic) bond motifs is 1. The van der Waals surface area contributed by atoms with Crippen molar-refractivity contribution in [2.45, 2.75) is 25.7 Å². The third-order valence-electron chi connectivity index (χ3n) is 5.57. The van der Waals surface area contributed by atoms with Crippen molar-refractivity contribution in [3.8, 4) is 0 Å². The lowest BCUT2D eigenvalue weighted by atomic mass is 9.97. The molecule has 1 N–H and O–H groups in total. The van der Waals surface area contributed by atoms with Gasteiger partial charge in [0.15, 0.2) is 0 Å². The molecular weight excluding hydrogens is 358 g/mol. The predicted octanol–water partition coefficient (Wildman–Crippen LogP) is 1.29. The summed E-state index contributed by atoms with van der Waals surface area (Å²) in [4.78, 5) is 47.0. The number of rotatable bonds is 2. The molecule has 146 valence electrons. The average Bonchev–Trinajstić information content (AvgIpc) is 3.14. The number of aromatic nitrogens is 4. The number of hydrogen-bond acceptors (Lipinski definition) is 4. The number of aromatic amines is 1. The van der Waals surface area contributed by atoms with E-state index < -0.39 is 11.2 Å². The molecule has 1 fully saturated rings. The molecule has 0 aliphatic carbocycles. The van der Waals surface area contributed by atoms with Crippen LogP contribution in [0.15, 0.2) is 33.9 Å². The van der Waals surface area contributed by atoms with Crippen molar-refractivity contribution >= 4 is 16.9 Å². The maximum Gasteiger partial charge on any atom is 0.331 e. The minimum atomic E-state index is -0.503. The molecule has 0 unspecified atom stereocenters. The fourth-order valence-electron chi connectivity index (χ4n) is 3.87. The van der Waals surface area contributed by atoms with E-state index in [-0.39, 0.29) is 17.5 Å². The topological polar surface area (TPSA) is 93.0 Å². The van der Waals surface area contributed by atoms with E-state index in [9.17, 15) is 14.4 Å². The molecule has 1 amide bonds. The summed E-state index contributed by atoms with van der Waals surface area (Å²) in [5.74, 6) is 0.669. The van der Waals surface area contributed by atoms with Crippen LogP contribution < -0.4 is 11.2 Å². The van der Waals surface area contributed by atoms with E-state index in [1.165, 1.54) is 24.7 Å². The molecule has 1 saturated heterocycles. The Bertz CT molecular complexity index is 1190. The summed E-state index contributed by atoms with van der Waals surface area (Å²) in [7, 11) is 2.91. The minimum Gasteiger partial charge on any atom is -0.342 e. The second-order valence-corrected chi connectivity index (χ2v) is 7.45. The van der Waals surface area contributed by atoms with Gasteiger partial charge in [0, 0.05) is 39.2 Å². The quantitative estimate of drug-likeness (QED) is 0.724. The Morgan fingerprint density at radius 2 is 2.00 bits per heavy atom. The maximum absolute atomic E-state index is 13.0. The van der Waals surface area contributed by atoms with Crippen LogP contribution in [0.4, 0.5) is 0 Å². The van der Waals surface area contributed by atoms with Crippen molar-refractivity contribution in [2.24, 2.45) is 14.1 Å². The highest BCUT2D eigenvalue weighted by molar-refractivity contribution is 5.92. The Labute approximate surface area is 161 Å². The first-order valence-corrected chi connectivity index (χ1v) is 9.38. The summed E-state index contributed by atoms with van der Waals surface area (Å²) in [6.45, 7) is 3.12. The van der Waals surface area contributed by atoms with Crippen LogP contribution in [0.3, 0.4) is 0 Å². The zero-order chi connectivity index (χ0) is 20.0. The first kappa shape index (κ1) is 18.2. The third-order valence-corrected chi connectivity index (χ3v) is 5.57. The highest BCUT2D eigenvalue weighted by Gasteiger charge is 2.29. The van der Waals surface area contributed by atoms with Crippen LogP contribution in [0.5, 0.6) is 0 Å². The van der Waals surface area contributed by atoms with Gasteiger partial charge in [-0.15, -0.1) is 0 Å². The van der Waals surface area contributed by atoms with Crippen LogP contribution in [-0.2, 0) is 14.1 Å². The second kappa shape index (κ2) is 6.78. The lowest BCUT2D eigenvalue weighted by molar-refractivity contribution is 0.0692. The molecular formula is C20H23N5O3. The Kier molecular flexibility index (Phi) is 4.41. The lowest BCUT2D eigenvalue weighted by Crippen LogP contribution is -2.44. The summed E-state index contributed by atoms with van der Waals surface area (Å²) < 4.78 is 2.23. The average molecular weight is 381 g/mol. The first-order valence-electron chi connectivity index (χ1n) is 9.38. The van der Waals surface area contributed by atoms with E-state index in [1.54, 1.807) is 4.90 Å². The normalized spacial score (nSPS) is 17.2. The molecule has 3 aromatic rings. The fraction of sp³-hybridized carbons (Fsp3) is 0.400. The Morgan fingerprint density at radius 1 is 1.21 bits per heavy atom. The number of hydrogen-bond donors (Lipinski definition) is 1. The minimum absolute atomic E-state index is 0.0908. The molecule has 0 spiro atoms. The Morgan fingerprint density at radius 3 is 2.75 bits per heavy atom. The molecule has 3 heterocycles. The molecule has 1 aliphatic heterocycles. The van der Waals surface area contributed by atoms with Crippen LogP contribution in [0, 0.1) is 6.92 Å². The van der Waals surface area contributed by atoms with Gasteiger partial charge in [0.2, 0.25) is 0 Å². The zero-order valence-corrected chi connectivity index (χ0v) is 16.2. The van der Waals surface area contributed by atoms with E-state index in [4.69, 9.17) is 4.98 Å². The standard InChI is InChI=1S/C20H23N5O3/c1-12-6-4-8-14-17(12)22-18(21-14)13-7-5-9-25(11-13)19(27)15-10-16(26)24(3)20(28)23(15)2/h4,6,8,10,13H,5,7,9,11H2,1-3H3,(H,21,22)/t13-/m0/s1. The number of carbonyl (C=O) groups excluding carboxylic acids is 1. The van der Waals surface area contributed by atoms with E-state index in [2.05, 4.69) is 4.98 Å². The number of carbonyl (C=O) groups is 1. The molecule has 1 aliphatic rings. The van der Waals surface area contributed by atoms with Crippen LogP contribution in [0.1, 0.15) is 40.6 Å². The number of amides is 1. The number of para-hydroxylation sites is 1. The molecule has 4 rings (SSSR count). The van der Waals surface area contributed by atoms with Crippen LogP contribution in [-0.4, -0.2) is 43.0 Å². The van der Waals surface area contributed by atoms with Crippen molar-refractivity contribution in [1.82, 2.24) is 24.0 Å². The summed E-state index contributed by atoms with van der Waals surface area (Å²) in [6.07, 6.45) is 1.77. The number of imidazole rings is 1. The molecule has 0 bridgehead atoms. The predicted molar refractivity (Wildman–Crippen MR) is 106 cm³/mol. The van der Waals surface area contributed by atoms with Crippen molar-refractivity contribution < 1.29 is 4.79 Å². The monoisotopic (exact) mass is 381 g/mol. The van der Waals surface area contributed by atoms with Gasteiger partial charge in [-0.1, -0.05) is 12.1 Å². The highest BCUT2D eigenvalue weighted by Crippen LogP contribution is 2.28. The molecule has 2 aromatic heterocycles. The van der Waals surface area contributed by atoms with Gasteiger partial charge < -0.3 is 9.88 Å². The number of aryl methyl sites for hydroxylation is 1. The highest BCUT2D eigenvalue weighted by atomic mass is 16.2. The van der Waals surface area contributed by atoms with Gasteiger partial charge in [0.05, 0.1) is 11.0 Å². The summed E-state index contributed by atoms with van der Waals surface area (Å²) >= 11 is 0. The molecule has 1 aromatic carbocycles. The van der Waals surface area contributed by atoms with E-state index in [0.717, 1.165) is 39.8 Å². The maximum atomic E-state index is 13.0. The van der Waals surface area contributed by atoms with Crippen LogP contribution in [0.2, 0.25) is 0 Å². The summed E-state index contributed by atoms with van der Waals surface area (Å²) in [5, 5.41) is 0. The molecule has 1 atom stereocenters. The molecule has 8 heteroatoms. The van der Waals surface area contributed by atoms with Gasteiger partial charge in [-0.05, 0) is 31.4 Å². The lowest BCUT2D eigenvalue weighted by Gasteiger charge is -2.32. The van der Waals surface area contributed by atoms with Gasteiger partial charge >= 0.3 is 5.69 Å². The number of nitrogens with one attached hydrogen (secondary N) is 1. The SMILES string of the molecule is Cc1cccc2[nH]c([C@H]3CCCN(C(=O)c4cc(=O)n(C)c(=O)n4C)C3)nc12. The smallest absolute Gasteiger partial charge is 0.331 e. The number of piperidine rings is 1. The van der Waals surface area contributed by atoms with Gasteiger partial charge in [-0.2, -0.15) is 0 Å². The first-order chi connectivity index (χ1) is 13.4. The van der Waals surface area contributed by atoms with Gasteiger partial charge in [-0.3, -0.25) is 18.7 Å². The largest absolute Gasteiger partial charge is 0.342 e. The van der Waals surface area contributed by atoms with Crippen LogP contribution in [0.25, 0.3) is 11.0 Å². The second-order valence-electron chi connectivity index (χ2n) is 7.45. The molecule has 8 nitrogen and oxygen atoms in total. The summed E-state index contributed by atoms with van der Waals surface area (Å²) in [5.41, 5.74) is 2.19. The van der Waals surface area contributed by atoms with E-state index >= 15 is 0 Å². The number of H-pyrrole nitrogens is 1. The van der Waals surface area contributed by atoms with Gasteiger partial charge in [0.1, 0.15) is 11.5 Å². The number of nitrogens with zero attached hydrogens (tertiary/aromatic N) is 4. The zero-order valence-electron chi connectivity index (χ0n) is 16.2. The van der Waals surface area contributed by atoms with E-state index in [1.807, 2.05) is 25.1 Å². The number of benzene rings is 1. The summed E-state index contributed by atoms with van der Waals surface area (Å²) in [6, 6.07) is 7.25. The van der Waals surface area contributed by atoms with Crippen LogP contribution >= 0.6 is 0 Å². The number of likely N-dealkylation sites (tertiary alicyclic amines) is 1. The van der Waals surface area contributed by atoms with E-state index in [0.29, 0.717) is 13.1 Å².